The molecule has 3 rings (SSSR count). The summed E-state index contributed by atoms with van der Waals surface area (Å²) in [5.41, 5.74) is 3.59. The van der Waals surface area contributed by atoms with Crippen molar-refractivity contribution in [2.75, 3.05) is 0 Å². The third kappa shape index (κ3) is 7.33. The molecule has 0 aliphatic heterocycles. The Kier molecular flexibility index (Phi) is 9.76. The predicted octanol–water partition coefficient (Wildman–Crippen LogP) is 6.40. The molecule has 1 N–H and O–H groups in total. The van der Waals surface area contributed by atoms with Crippen molar-refractivity contribution in [2.45, 2.75) is 58.7 Å². The fraction of sp³-hybridized carbons (Fsp3) is 0.310. The lowest BCUT2D eigenvalue weighted by molar-refractivity contribution is -0.141. The van der Waals surface area contributed by atoms with Crippen molar-refractivity contribution in [3.05, 3.63) is 105 Å². The number of nitrogens with zero attached hydrogens (tertiary/aromatic N) is 1. The molecule has 0 spiro atoms. The van der Waals surface area contributed by atoms with Crippen LogP contribution in [0.1, 0.15) is 42.5 Å². The summed E-state index contributed by atoms with van der Waals surface area (Å²) in [5, 5.41) is 3.96. The molecular weight excluding hydrogens is 479 g/mol. The van der Waals surface area contributed by atoms with Crippen molar-refractivity contribution in [1.29, 1.82) is 0 Å². The van der Waals surface area contributed by atoms with Gasteiger partial charge in [0.15, 0.2) is 0 Å². The molecule has 0 aliphatic rings. The summed E-state index contributed by atoms with van der Waals surface area (Å²) in [6, 6.07) is 22.2. The van der Waals surface area contributed by atoms with Crippen molar-refractivity contribution in [3.63, 3.8) is 0 Å². The molecule has 4 nitrogen and oxygen atoms in total. The maximum Gasteiger partial charge on any atom is 0.243 e. The minimum atomic E-state index is -0.695. The molecule has 0 aromatic heterocycles. The number of halogens is 2. The zero-order chi connectivity index (χ0) is 25.4. The maximum absolute atomic E-state index is 13.9. The van der Waals surface area contributed by atoms with Crippen LogP contribution in [0.4, 0.5) is 0 Å². The Balaban J connectivity index is 2.02. The van der Waals surface area contributed by atoms with E-state index in [-0.39, 0.29) is 24.3 Å². The Labute approximate surface area is 218 Å². The van der Waals surface area contributed by atoms with Gasteiger partial charge in [0.25, 0.3) is 0 Å². The topological polar surface area (TPSA) is 49.4 Å². The Hall–Kier alpha value is -2.82. The normalized spacial score (nSPS) is 12.6. The van der Waals surface area contributed by atoms with E-state index in [1.54, 1.807) is 23.1 Å². The van der Waals surface area contributed by atoms with Gasteiger partial charge >= 0.3 is 0 Å². The average Bonchev–Trinajstić information content (AvgIpc) is 2.85. The van der Waals surface area contributed by atoms with Gasteiger partial charge in [0.05, 0.1) is 6.42 Å². The van der Waals surface area contributed by atoms with Crippen LogP contribution >= 0.6 is 23.2 Å². The first-order chi connectivity index (χ1) is 16.8. The SMILES string of the molecule is CCC(C)NC(=O)C(Cc1ccccc1)N(Cc1ccccc1C)C(=O)Cc1c(Cl)cccc1Cl. The molecule has 35 heavy (non-hydrogen) atoms. The van der Waals surface area contributed by atoms with E-state index in [1.165, 1.54) is 0 Å². The largest absolute Gasteiger partial charge is 0.352 e. The average molecular weight is 511 g/mol. The molecule has 184 valence electrons. The van der Waals surface area contributed by atoms with E-state index >= 15 is 0 Å². The highest BCUT2D eigenvalue weighted by Crippen LogP contribution is 2.26. The standard InChI is InChI=1S/C29H32Cl2N2O2/c1-4-21(3)32-29(35)27(17-22-12-6-5-7-13-22)33(19-23-14-9-8-11-20(23)2)28(34)18-24-25(30)15-10-16-26(24)31/h5-16,21,27H,4,17-19H2,1-3H3,(H,32,35). The second kappa shape index (κ2) is 12.8. The van der Waals surface area contributed by atoms with Crippen LogP contribution in [0, 0.1) is 6.92 Å². The third-order valence-corrected chi connectivity index (χ3v) is 6.97. The number of hydrogen-bond acceptors (Lipinski definition) is 2. The van der Waals surface area contributed by atoms with E-state index < -0.39 is 6.04 Å². The molecule has 2 unspecified atom stereocenters. The van der Waals surface area contributed by atoms with Crippen LogP contribution in [0.25, 0.3) is 0 Å². The lowest BCUT2D eigenvalue weighted by atomic mass is 10.00. The molecule has 6 heteroatoms. The first-order valence-electron chi connectivity index (χ1n) is 11.9. The molecule has 2 amide bonds. The highest BCUT2D eigenvalue weighted by atomic mass is 35.5. The van der Waals surface area contributed by atoms with Gasteiger partial charge in [-0.25, -0.2) is 0 Å². The number of aryl methyl sites for hydroxylation is 1. The van der Waals surface area contributed by atoms with Crippen LogP contribution in [-0.2, 0) is 29.0 Å². The van der Waals surface area contributed by atoms with Crippen LogP contribution in [0.15, 0.2) is 72.8 Å². The van der Waals surface area contributed by atoms with Gasteiger partial charge in [-0.3, -0.25) is 9.59 Å². The fourth-order valence-electron chi connectivity index (χ4n) is 3.92. The lowest BCUT2D eigenvalue weighted by Gasteiger charge is -2.33. The molecular formula is C29H32Cl2N2O2. The van der Waals surface area contributed by atoms with E-state index in [0.717, 1.165) is 23.1 Å². The van der Waals surface area contributed by atoms with Crippen LogP contribution in [-0.4, -0.2) is 28.8 Å². The van der Waals surface area contributed by atoms with Gasteiger partial charge in [0.1, 0.15) is 6.04 Å². The zero-order valence-corrected chi connectivity index (χ0v) is 21.9. The monoisotopic (exact) mass is 510 g/mol. The minimum absolute atomic E-state index is 0.00537. The Morgan fingerprint density at radius 1 is 0.914 bits per heavy atom. The molecule has 2 atom stereocenters. The number of rotatable bonds is 10. The number of carbonyl (C=O) groups excluding carboxylic acids is 2. The quantitative estimate of drug-likeness (QED) is 0.343. The van der Waals surface area contributed by atoms with Crippen molar-refractivity contribution < 1.29 is 9.59 Å². The van der Waals surface area contributed by atoms with Crippen LogP contribution in [0.5, 0.6) is 0 Å². The third-order valence-electron chi connectivity index (χ3n) is 6.26. The summed E-state index contributed by atoms with van der Waals surface area (Å²) in [5.74, 6) is -0.376. The second-order valence-corrected chi connectivity index (χ2v) is 9.66. The Morgan fingerprint density at radius 2 is 1.54 bits per heavy atom. The highest BCUT2D eigenvalue weighted by Gasteiger charge is 2.31. The van der Waals surface area contributed by atoms with Crippen molar-refractivity contribution in [1.82, 2.24) is 10.2 Å². The van der Waals surface area contributed by atoms with E-state index in [1.807, 2.05) is 75.4 Å². The minimum Gasteiger partial charge on any atom is -0.352 e. The van der Waals surface area contributed by atoms with Crippen molar-refractivity contribution >= 4 is 35.0 Å². The summed E-state index contributed by atoms with van der Waals surface area (Å²) in [7, 11) is 0. The highest BCUT2D eigenvalue weighted by molar-refractivity contribution is 6.36. The number of amides is 2. The molecule has 0 saturated carbocycles. The molecule has 0 saturated heterocycles. The van der Waals surface area contributed by atoms with Gasteiger partial charge in [-0.2, -0.15) is 0 Å². The number of hydrogen-bond donors (Lipinski definition) is 1. The summed E-state index contributed by atoms with van der Waals surface area (Å²) >= 11 is 12.8. The van der Waals surface area contributed by atoms with Crippen LogP contribution < -0.4 is 5.32 Å². The summed E-state index contributed by atoms with van der Waals surface area (Å²) in [6.45, 7) is 6.30. The van der Waals surface area contributed by atoms with Gasteiger partial charge in [-0.1, -0.05) is 90.8 Å². The van der Waals surface area contributed by atoms with Gasteiger partial charge < -0.3 is 10.2 Å². The Bertz CT molecular complexity index is 1130. The number of nitrogens with one attached hydrogen (secondary N) is 1. The molecule has 3 aromatic rings. The van der Waals surface area contributed by atoms with Gasteiger partial charge in [-0.05, 0) is 54.7 Å². The fourth-order valence-corrected chi connectivity index (χ4v) is 4.45. The second-order valence-electron chi connectivity index (χ2n) is 8.85. The molecule has 3 aromatic carbocycles. The maximum atomic E-state index is 13.9. The van der Waals surface area contributed by atoms with Crippen molar-refractivity contribution in [3.8, 4) is 0 Å². The molecule has 0 aliphatic carbocycles. The van der Waals surface area contributed by atoms with Crippen LogP contribution in [0.2, 0.25) is 10.0 Å². The molecule has 0 radical (unpaired) electrons. The molecule has 0 fully saturated rings. The first kappa shape index (κ1) is 26.8. The van der Waals surface area contributed by atoms with E-state index in [2.05, 4.69) is 5.32 Å². The van der Waals surface area contributed by atoms with Gasteiger partial charge in [0, 0.05) is 29.1 Å². The van der Waals surface area contributed by atoms with E-state index in [4.69, 9.17) is 23.2 Å². The Morgan fingerprint density at radius 3 is 2.17 bits per heavy atom. The molecule has 0 bridgehead atoms. The number of benzene rings is 3. The summed E-state index contributed by atoms with van der Waals surface area (Å²) in [6.07, 6.45) is 1.20. The summed E-state index contributed by atoms with van der Waals surface area (Å²) < 4.78 is 0. The van der Waals surface area contributed by atoms with E-state index in [0.29, 0.717) is 28.6 Å². The van der Waals surface area contributed by atoms with Crippen molar-refractivity contribution in [2.24, 2.45) is 0 Å². The van der Waals surface area contributed by atoms with E-state index in [9.17, 15) is 9.59 Å². The van der Waals surface area contributed by atoms with Crippen LogP contribution in [0.3, 0.4) is 0 Å². The van der Waals surface area contributed by atoms with Gasteiger partial charge in [-0.15, -0.1) is 0 Å². The predicted molar refractivity (Wildman–Crippen MR) is 144 cm³/mol. The zero-order valence-electron chi connectivity index (χ0n) is 20.4. The smallest absolute Gasteiger partial charge is 0.243 e. The number of carbonyl (C=O) groups is 2. The first-order valence-corrected chi connectivity index (χ1v) is 12.7. The summed E-state index contributed by atoms with van der Waals surface area (Å²) in [4.78, 5) is 29.1. The lowest BCUT2D eigenvalue weighted by Crippen LogP contribution is -2.52. The van der Waals surface area contributed by atoms with Gasteiger partial charge in [0.2, 0.25) is 11.8 Å². The molecule has 0 heterocycles.